The number of fused-ring (bicyclic) bond motifs is 5. The zero-order valence-electron chi connectivity index (χ0n) is 26.3. The molecule has 40 heavy (non-hydrogen) atoms. The van der Waals surface area contributed by atoms with Gasteiger partial charge in [0.25, 0.3) is 0 Å². The lowest BCUT2D eigenvalue weighted by Gasteiger charge is -2.69. The van der Waals surface area contributed by atoms with Crippen molar-refractivity contribution in [2.75, 3.05) is 27.8 Å². The molecule has 0 radical (unpaired) electrons. The summed E-state index contributed by atoms with van der Waals surface area (Å²) < 4.78 is 23.4. The van der Waals surface area contributed by atoms with Crippen molar-refractivity contribution in [2.45, 2.75) is 111 Å². The van der Waals surface area contributed by atoms with Gasteiger partial charge in [0.1, 0.15) is 13.6 Å². The Bertz CT molecular complexity index is 916. The van der Waals surface area contributed by atoms with Gasteiger partial charge in [-0.1, -0.05) is 39.3 Å². The highest BCUT2D eigenvalue weighted by Crippen LogP contribution is 2.75. The second kappa shape index (κ2) is 12.3. The number of aliphatic hydroxyl groups excluding tert-OH is 1. The first kappa shape index (κ1) is 31.9. The third kappa shape index (κ3) is 5.32. The van der Waals surface area contributed by atoms with Gasteiger partial charge in [-0.3, -0.25) is 4.79 Å². The van der Waals surface area contributed by atoms with E-state index in [0.29, 0.717) is 37.4 Å². The Balaban J connectivity index is 1.71. The molecule has 0 aromatic rings. The number of carboxylic acid groups (broad SMARTS) is 1. The topological polar surface area (TPSA) is 94.5 Å². The smallest absolute Gasteiger partial charge is 0.306 e. The Labute approximate surface area is 242 Å². The van der Waals surface area contributed by atoms with Crippen LogP contribution >= 0.6 is 0 Å². The van der Waals surface area contributed by atoms with Crippen LogP contribution in [0.4, 0.5) is 0 Å². The summed E-state index contributed by atoms with van der Waals surface area (Å²) in [6, 6.07) is 0. The zero-order valence-corrected chi connectivity index (χ0v) is 26.3. The van der Waals surface area contributed by atoms with Crippen LogP contribution in [0.3, 0.4) is 0 Å². The lowest BCUT2D eigenvalue weighted by atomic mass is 9.36. The van der Waals surface area contributed by atoms with Gasteiger partial charge in [0.15, 0.2) is 0 Å². The van der Waals surface area contributed by atoms with Gasteiger partial charge in [0.2, 0.25) is 0 Å². The molecule has 0 saturated heterocycles. The zero-order chi connectivity index (χ0) is 29.5. The summed E-state index contributed by atoms with van der Waals surface area (Å²) >= 11 is 0. The first-order chi connectivity index (χ1) is 18.9. The maximum Gasteiger partial charge on any atom is 0.306 e. The number of ether oxygens (including phenoxy) is 4. The monoisotopic (exact) mass is 564 g/mol. The highest BCUT2D eigenvalue weighted by molar-refractivity contribution is 5.70. The summed E-state index contributed by atoms with van der Waals surface area (Å²) in [5, 5.41) is 22.1. The Morgan fingerprint density at radius 1 is 0.975 bits per heavy atom. The third-order valence-corrected chi connectivity index (χ3v) is 12.5. The van der Waals surface area contributed by atoms with Gasteiger partial charge in [0, 0.05) is 20.1 Å². The predicted molar refractivity (Wildman–Crippen MR) is 154 cm³/mol. The van der Waals surface area contributed by atoms with Crippen molar-refractivity contribution in [3.05, 3.63) is 11.6 Å². The van der Waals surface area contributed by atoms with Crippen LogP contribution < -0.4 is 0 Å². The van der Waals surface area contributed by atoms with Crippen LogP contribution in [0.25, 0.3) is 0 Å². The highest BCUT2D eigenvalue weighted by Gasteiger charge is 2.72. The fourth-order valence-electron chi connectivity index (χ4n) is 10.7. The molecule has 2 N–H and O–H groups in total. The number of methoxy groups -OCH3 is 2. The molecule has 4 aliphatic rings. The van der Waals surface area contributed by atoms with Gasteiger partial charge in [-0.15, -0.1) is 0 Å². The summed E-state index contributed by atoms with van der Waals surface area (Å²) in [6.07, 6.45) is 8.59. The molecule has 4 fully saturated rings. The number of carbonyl (C=O) groups is 1. The van der Waals surface area contributed by atoms with E-state index in [1.54, 1.807) is 14.2 Å². The van der Waals surface area contributed by atoms with Gasteiger partial charge >= 0.3 is 5.97 Å². The van der Waals surface area contributed by atoms with E-state index in [4.69, 9.17) is 18.9 Å². The fraction of sp³-hybridized carbons (Fsp3) is 0.909. The van der Waals surface area contributed by atoms with E-state index in [9.17, 15) is 15.0 Å². The molecule has 7 nitrogen and oxygen atoms in total. The molecule has 4 saturated carbocycles. The summed E-state index contributed by atoms with van der Waals surface area (Å²) in [4.78, 5) is 12.7. The Hall–Kier alpha value is -0.990. The number of aliphatic hydroxyl groups is 1. The molecule has 230 valence electrons. The summed E-state index contributed by atoms with van der Waals surface area (Å²) in [5.74, 6) is -0.328. The minimum Gasteiger partial charge on any atom is -0.481 e. The fourth-order valence-corrected chi connectivity index (χ4v) is 10.7. The number of hydrogen-bond donors (Lipinski definition) is 2. The van der Waals surface area contributed by atoms with E-state index in [-0.39, 0.29) is 47.1 Å². The largest absolute Gasteiger partial charge is 0.481 e. The van der Waals surface area contributed by atoms with Crippen LogP contribution in [0.1, 0.15) is 92.9 Å². The number of hydrogen-bond acceptors (Lipinski definition) is 6. The minimum atomic E-state index is -0.782. The average molecular weight is 565 g/mol. The number of allylic oxidation sites excluding steroid dienone is 2. The van der Waals surface area contributed by atoms with Crippen molar-refractivity contribution >= 4 is 5.97 Å². The highest BCUT2D eigenvalue weighted by atomic mass is 16.7. The van der Waals surface area contributed by atoms with Crippen molar-refractivity contribution in [3.63, 3.8) is 0 Å². The second-order valence-electron chi connectivity index (χ2n) is 14.6. The molecule has 12 atom stereocenters. The van der Waals surface area contributed by atoms with Gasteiger partial charge in [0.05, 0.1) is 24.2 Å². The van der Waals surface area contributed by atoms with E-state index in [0.717, 1.165) is 38.5 Å². The molecule has 0 aromatic heterocycles. The first-order valence-corrected chi connectivity index (χ1v) is 15.6. The molecule has 0 bridgehead atoms. The lowest BCUT2D eigenvalue weighted by molar-refractivity contribution is -0.264. The number of rotatable bonds is 11. The molecule has 0 heterocycles. The second-order valence-corrected chi connectivity index (χ2v) is 14.6. The molecule has 0 amide bonds. The van der Waals surface area contributed by atoms with Crippen LogP contribution in [0.15, 0.2) is 11.6 Å². The van der Waals surface area contributed by atoms with Crippen molar-refractivity contribution in [3.8, 4) is 0 Å². The van der Waals surface area contributed by atoms with E-state index in [1.807, 2.05) is 13.8 Å². The Kier molecular flexibility index (Phi) is 9.84. The van der Waals surface area contributed by atoms with Crippen molar-refractivity contribution in [1.29, 1.82) is 0 Å². The van der Waals surface area contributed by atoms with Crippen LogP contribution in [-0.4, -0.2) is 62.3 Å². The van der Waals surface area contributed by atoms with Crippen LogP contribution in [0.5, 0.6) is 0 Å². The number of aliphatic carboxylic acids is 1. The quantitative estimate of drug-likeness (QED) is 0.225. The van der Waals surface area contributed by atoms with Crippen molar-refractivity contribution < 1.29 is 34.0 Å². The first-order valence-electron chi connectivity index (χ1n) is 15.6. The molecular weight excluding hydrogens is 508 g/mol. The summed E-state index contributed by atoms with van der Waals surface area (Å²) in [7, 11) is 3.35. The van der Waals surface area contributed by atoms with Crippen molar-refractivity contribution in [2.24, 2.45) is 51.8 Å². The molecule has 0 aliphatic heterocycles. The van der Waals surface area contributed by atoms with Crippen LogP contribution in [-0.2, 0) is 23.7 Å². The molecular formula is C33H56O7. The van der Waals surface area contributed by atoms with Crippen LogP contribution in [0, 0.1) is 51.8 Å². The van der Waals surface area contributed by atoms with Gasteiger partial charge in [-0.2, -0.15) is 0 Å². The van der Waals surface area contributed by atoms with E-state index in [1.165, 1.54) is 5.57 Å². The predicted octanol–water partition coefficient (Wildman–Crippen LogP) is 6.29. The minimum absolute atomic E-state index is 0.0421. The van der Waals surface area contributed by atoms with E-state index >= 15 is 0 Å². The molecule has 0 spiro atoms. The SMILES string of the molecule is COCOC1CCC2(C)C(CCC3(C)C2C(OCOC)CC2C(C(CCC=C(C)C)C(=O)O)C(O)CC23C)C1C. The lowest BCUT2D eigenvalue weighted by Crippen LogP contribution is -2.66. The molecule has 7 heteroatoms. The van der Waals surface area contributed by atoms with Gasteiger partial charge in [-0.25, -0.2) is 0 Å². The van der Waals surface area contributed by atoms with Crippen molar-refractivity contribution in [1.82, 2.24) is 0 Å². The average Bonchev–Trinajstić information content (AvgIpc) is 3.14. The van der Waals surface area contributed by atoms with E-state index < -0.39 is 18.0 Å². The third-order valence-electron chi connectivity index (χ3n) is 12.5. The molecule has 12 unspecified atom stereocenters. The van der Waals surface area contributed by atoms with E-state index in [2.05, 4.69) is 33.8 Å². The maximum atomic E-state index is 12.7. The molecule has 0 aromatic carbocycles. The number of carboxylic acids is 1. The normalized spacial score (nSPS) is 45.2. The molecule has 4 rings (SSSR count). The standard InChI is InChI=1S/C33H56O7/c1-20(2)10-9-11-22(30(35)36)28-24-16-27(40-19-38-8)29-31(4)14-13-26(39-18-37-7)21(3)23(31)12-15-32(29,5)33(24,6)17-25(28)34/h10,21-29,34H,9,11-19H2,1-8H3,(H,35,36). The Morgan fingerprint density at radius 2 is 1.62 bits per heavy atom. The maximum absolute atomic E-state index is 12.7. The molecule has 4 aliphatic carbocycles. The Morgan fingerprint density at radius 3 is 2.23 bits per heavy atom. The van der Waals surface area contributed by atoms with Crippen LogP contribution in [0.2, 0.25) is 0 Å². The summed E-state index contributed by atoms with van der Waals surface area (Å²) in [6.45, 7) is 14.3. The van der Waals surface area contributed by atoms with Gasteiger partial charge < -0.3 is 29.2 Å². The summed E-state index contributed by atoms with van der Waals surface area (Å²) in [5.41, 5.74) is 1.01. The van der Waals surface area contributed by atoms with Gasteiger partial charge in [-0.05, 0) is 105 Å².